The molecule has 2 aromatic heterocycles. The molecular formula is C19H22N6O2. The van der Waals surface area contributed by atoms with Crippen LogP contribution in [0.3, 0.4) is 0 Å². The van der Waals surface area contributed by atoms with Crippen molar-refractivity contribution in [2.45, 2.75) is 19.3 Å². The number of morpholine rings is 1. The predicted molar refractivity (Wildman–Crippen MR) is 102 cm³/mol. The lowest BCUT2D eigenvalue weighted by Crippen LogP contribution is -2.38. The third-order valence-electron chi connectivity index (χ3n) is 5.55. The molecular weight excluding hydrogens is 344 g/mol. The maximum atomic E-state index is 12.5. The van der Waals surface area contributed by atoms with Gasteiger partial charge in [-0.1, -0.05) is 0 Å². The third-order valence-corrected chi connectivity index (χ3v) is 5.55. The van der Waals surface area contributed by atoms with Gasteiger partial charge >= 0.3 is 0 Å². The quantitative estimate of drug-likeness (QED) is 0.723. The average Bonchev–Trinajstić information content (AvgIpc) is 3.22. The van der Waals surface area contributed by atoms with Gasteiger partial charge in [0.1, 0.15) is 5.82 Å². The molecule has 2 aliphatic rings. The number of aromatic amines is 1. The molecule has 8 nitrogen and oxygen atoms in total. The van der Waals surface area contributed by atoms with E-state index >= 15 is 0 Å². The molecule has 0 unspecified atom stereocenters. The van der Waals surface area contributed by atoms with Gasteiger partial charge in [0, 0.05) is 49.1 Å². The van der Waals surface area contributed by atoms with Crippen LogP contribution in [0.15, 0.2) is 18.3 Å². The number of carbonyl (C=O) groups is 1. The highest BCUT2D eigenvalue weighted by molar-refractivity contribution is 5.98. The number of benzene rings is 1. The SMILES string of the molecule is Cc1nn(C)c(N2CCOCC2)c1[C@@H]1CC(=O)Nc2cc3[nH]ncc3cc21. The number of nitrogens with one attached hydrogen (secondary N) is 2. The van der Waals surface area contributed by atoms with E-state index in [1.807, 2.05) is 30.9 Å². The number of nitrogens with zero attached hydrogens (tertiary/aromatic N) is 4. The smallest absolute Gasteiger partial charge is 0.225 e. The predicted octanol–water partition coefficient (Wildman–Crippen LogP) is 1.92. The van der Waals surface area contributed by atoms with Gasteiger partial charge in [0.2, 0.25) is 5.91 Å². The van der Waals surface area contributed by atoms with Gasteiger partial charge in [-0.2, -0.15) is 10.2 Å². The van der Waals surface area contributed by atoms with E-state index in [-0.39, 0.29) is 11.8 Å². The van der Waals surface area contributed by atoms with Gasteiger partial charge in [-0.25, -0.2) is 0 Å². The monoisotopic (exact) mass is 366 g/mol. The first-order valence-corrected chi connectivity index (χ1v) is 9.25. The molecule has 1 aromatic carbocycles. The van der Waals surface area contributed by atoms with Gasteiger partial charge in [-0.15, -0.1) is 0 Å². The highest BCUT2D eigenvalue weighted by Crippen LogP contribution is 2.43. The Hall–Kier alpha value is -2.87. The lowest BCUT2D eigenvalue weighted by Gasteiger charge is -2.32. The van der Waals surface area contributed by atoms with Crippen molar-refractivity contribution in [3.8, 4) is 0 Å². The molecule has 0 bridgehead atoms. The van der Waals surface area contributed by atoms with E-state index in [4.69, 9.17) is 9.84 Å². The number of hydrogen-bond acceptors (Lipinski definition) is 5. The summed E-state index contributed by atoms with van der Waals surface area (Å²) in [5, 5.41) is 15.9. The molecule has 0 aliphatic carbocycles. The van der Waals surface area contributed by atoms with Gasteiger partial charge in [-0.3, -0.25) is 14.6 Å². The number of rotatable bonds is 2. The lowest BCUT2D eigenvalue weighted by molar-refractivity contribution is -0.116. The second kappa shape index (κ2) is 6.09. The largest absolute Gasteiger partial charge is 0.378 e. The van der Waals surface area contributed by atoms with Crippen LogP contribution in [0.25, 0.3) is 10.9 Å². The molecule has 1 fully saturated rings. The summed E-state index contributed by atoms with van der Waals surface area (Å²) >= 11 is 0. The number of carbonyl (C=O) groups excluding carboxylic acids is 1. The number of H-pyrrole nitrogens is 1. The number of aryl methyl sites for hydroxylation is 2. The zero-order valence-corrected chi connectivity index (χ0v) is 15.5. The zero-order chi connectivity index (χ0) is 18.5. The molecule has 2 aliphatic heterocycles. The van der Waals surface area contributed by atoms with Crippen molar-refractivity contribution in [2.24, 2.45) is 7.05 Å². The van der Waals surface area contributed by atoms with E-state index in [1.165, 1.54) is 0 Å². The minimum atomic E-state index is -0.0282. The summed E-state index contributed by atoms with van der Waals surface area (Å²) in [6.45, 7) is 5.11. The summed E-state index contributed by atoms with van der Waals surface area (Å²) in [5.74, 6) is 1.09. The minimum Gasteiger partial charge on any atom is -0.378 e. The van der Waals surface area contributed by atoms with Gasteiger partial charge in [0.15, 0.2) is 0 Å². The Morgan fingerprint density at radius 1 is 1.26 bits per heavy atom. The summed E-state index contributed by atoms with van der Waals surface area (Å²) in [6.07, 6.45) is 2.24. The highest BCUT2D eigenvalue weighted by atomic mass is 16.5. The second-order valence-corrected chi connectivity index (χ2v) is 7.25. The van der Waals surface area contributed by atoms with Crippen LogP contribution in [0.2, 0.25) is 0 Å². The van der Waals surface area contributed by atoms with Crippen LogP contribution < -0.4 is 10.2 Å². The maximum Gasteiger partial charge on any atom is 0.225 e. The van der Waals surface area contributed by atoms with Crippen molar-refractivity contribution >= 4 is 28.3 Å². The molecule has 3 aromatic rings. The zero-order valence-electron chi connectivity index (χ0n) is 15.5. The van der Waals surface area contributed by atoms with E-state index in [1.54, 1.807) is 0 Å². The van der Waals surface area contributed by atoms with Crippen LogP contribution >= 0.6 is 0 Å². The van der Waals surface area contributed by atoms with Gasteiger partial charge in [0.25, 0.3) is 0 Å². The highest BCUT2D eigenvalue weighted by Gasteiger charge is 2.34. The van der Waals surface area contributed by atoms with Crippen molar-refractivity contribution < 1.29 is 9.53 Å². The van der Waals surface area contributed by atoms with E-state index in [2.05, 4.69) is 26.5 Å². The van der Waals surface area contributed by atoms with Crippen LogP contribution in [-0.2, 0) is 16.6 Å². The molecule has 2 N–H and O–H groups in total. The Morgan fingerprint density at radius 2 is 2.07 bits per heavy atom. The fourth-order valence-electron chi connectivity index (χ4n) is 4.38. The summed E-state index contributed by atoms with van der Waals surface area (Å²) in [5.41, 5.74) is 5.00. The molecule has 1 atom stereocenters. The fourth-order valence-corrected chi connectivity index (χ4v) is 4.38. The normalized spacial score (nSPS) is 20.0. The second-order valence-electron chi connectivity index (χ2n) is 7.25. The van der Waals surface area contributed by atoms with Crippen molar-refractivity contribution in [2.75, 3.05) is 36.5 Å². The summed E-state index contributed by atoms with van der Waals surface area (Å²) in [6, 6.07) is 4.11. The van der Waals surface area contributed by atoms with E-state index in [0.29, 0.717) is 19.6 Å². The first-order chi connectivity index (χ1) is 13.1. The Kier molecular flexibility index (Phi) is 3.68. The number of anilines is 2. The topological polar surface area (TPSA) is 88.1 Å². The Bertz CT molecular complexity index is 1030. The molecule has 140 valence electrons. The Labute approximate surface area is 156 Å². The molecule has 4 heterocycles. The number of hydrogen-bond donors (Lipinski definition) is 2. The maximum absolute atomic E-state index is 12.5. The third kappa shape index (κ3) is 2.59. The first kappa shape index (κ1) is 16.3. The van der Waals surface area contributed by atoms with Gasteiger partial charge < -0.3 is 15.0 Å². The standard InChI is InChI=1S/C19H22N6O2/c1-11-18(19(24(2)23-11)25-3-5-27-6-4-25)14-8-17(26)21-16-9-15-12(7-13(14)16)10-20-22-15/h7,9-10,14H,3-6,8H2,1-2H3,(H,20,22)(H,21,26)/t14-/m1/s1. The summed E-state index contributed by atoms with van der Waals surface area (Å²) in [7, 11) is 1.98. The number of aromatic nitrogens is 4. The van der Waals surface area contributed by atoms with Crippen LogP contribution in [0.5, 0.6) is 0 Å². The number of ether oxygens (including phenoxy) is 1. The fraction of sp³-hybridized carbons (Fsp3) is 0.421. The lowest BCUT2D eigenvalue weighted by atomic mass is 9.83. The van der Waals surface area contributed by atoms with Crippen molar-refractivity contribution in [1.82, 2.24) is 20.0 Å². The van der Waals surface area contributed by atoms with E-state index < -0.39 is 0 Å². The molecule has 0 saturated carbocycles. The average molecular weight is 366 g/mol. The van der Waals surface area contributed by atoms with Crippen LogP contribution in [0, 0.1) is 6.92 Å². The molecule has 0 radical (unpaired) electrons. The molecule has 8 heteroatoms. The van der Waals surface area contributed by atoms with Gasteiger partial charge in [0.05, 0.1) is 30.6 Å². The van der Waals surface area contributed by atoms with E-state index in [9.17, 15) is 4.79 Å². The summed E-state index contributed by atoms with van der Waals surface area (Å²) < 4.78 is 7.46. The van der Waals surface area contributed by atoms with Crippen molar-refractivity contribution in [1.29, 1.82) is 0 Å². The molecule has 1 saturated heterocycles. The Balaban J connectivity index is 1.68. The van der Waals surface area contributed by atoms with Crippen molar-refractivity contribution in [3.05, 3.63) is 35.2 Å². The minimum absolute atomic E-state index is 0.0282. The molecule has 0 spiro atoms. The first-order valence-electron chi connectivity index (χ1n) is 9.25. The summed E-state index contributed by atoms with van der Waals surface area (Å²) in [4.78, 5) is 14.8. The molecule has 5 rings (SSSR count). The van der Waals surface area contributed by atoms with Crippen LogP contribution in [0.1, 0.15) is 29.2 Å². The van der Waals surface area contributed by atoms with E-state index in [0.717, 1.165) is 52.3 Å². The van der Waals surface area contributed by atoms with Crippen LogP contribution in [0.4, 0.5) is 11.5 Å². The van der Waals surface area contributed by atoms with Crippen molar-refractivity contribution in [3.63, 3.8) is 0 Å². The Morgan fingerprint density at radius 3 is 2.89 bits per heavy atom. The van der Waals surface area contributed by atoms with Crippen LogP contribution in [-0.4, -0.2) is 52.2 Å². The molecule has 1 amide bonds. The molecule has 27 heavy (non-hydrogen) atoms. The number of amides is 1. The number of fused-ring (bicyclic) bond motifs is 2. The van der Waals surface area contributed by atoms with Gasteiger partial charge in [-0.05, 0) is 24.6 Å².